The van der Waals surface area contributed by atoms with Crippen LogP contribution >= 0.6 is 0 Å². The van der Waals surface area contributed by atoms with Crippen molar-refractivity contribution < 1.29 is 14.4 Å². The van der Waals surface area contributed by atoms with Crippen LogP contribution in [0.15, 0.2) is 0 Å². The van der Waals surface area contributed by atoms with Gasteiger partial charge in [-0.05, 0) is 44.7 Å². The zero-order valence-electron chi connectivity index (χ0n) is 19.0. The molecule has 0 aliphatic carbocycles. The van der Waals surface area contributed by atoms with Gasteiger partial charge in [0.15, 0.2) is 0 Å². The summed E-state index contributed by atoms with van der Waals surface area (Å²) in [5.41, 5.74) is 0. The molecule has 2 amide bonds. The molecule has 6 nitrogen and oxygen atoms in total. The number of rotatable bonds is 11. The molecule has 0 bridgehead atoms. The van der Waals surface area contributed by atoms with Gasteiger partial charge in [0.1, 0.15) is 12.3 Å². The fraction of sp³-hybridized carbons (Fsp3) is 0.857. The number of hydrogen-bond donors (Lipinski definition) is 0. The van der Waals surface area contributed by atoms with Gasteiger partial charge in [0.2, 0.25) is 11.8 Å². The van der Waals surface area contributed by atoms with Crippen LogP contribution in [-0.2, 0) is 14.4 Å². The molecule has 0 saturated heterocycles. The summed E-state index contributed by atoms with van der Waals surface area (Å²) in [5, 5.41) is 0. The lowest BCUT2D eigenvalue weighted by atomic mass is 9.97. The number of carbonyl (C=O) groups excluding carboxylic acids is 3. The maximum absolute atomic E-state index is 13.2. The molecule has 158 valence electrons. The molecule has 0 aromatic carbocycles. The van der Waals surface area contributed by atoms with E-state index in [1.54, 1.807) is 19.0 Å². The highest BCUT2D eigenvalue weighted by Gasteiger charge is 2.36. The Bertz CT molecular complexity index is 489. The molecule has 27 heavy (non-hydrogen) atoms. The average molecular weight is 384 g/mol. The second-order valence-electron chi connectivity index (χ2n) is 9.02. The van der Waals surface area contributed by atoms with Crippen LogP contribution in [-0.4, -0.2) is 79.1 Å². The minimum Gasteiger partial charge on any atom is -0.334 e. The van der Waals surface area contributed by atoms with E-state index in [-0.39, 0.29) is 29.7 Å². The molecule has 0 heterocycles. The summed E-state index contributed by atoms with van der Waals surface area (Å²) in [7, 11) is 7.16. The molecule has 2 unspecified atom stereocenters. The molecule has 0 aliphatic heterocycles. The largest absolute Gasteiger partial charge is 0.334 e. The molecule has 0 aromatic rings. The second kappa shape index (κ2) is 11.4. The first-order valence-electron chi connectivity index (χ1n) is 10.00. The highest BCUT2D eigenvalue weighted by Crippen LogP contribution is 2.19. The molecule has 0 rings (SSSR count). The van der Waals surface area contributed by atoms with E-state index in [0.717, 1.165) is 12.7 Å². The van der Waals surface area contributed by atoms with E-state index in [1.807, 2.05) is 46.7 Å². The molecule has 0 N–H and O–H groups in total. The van der Waals surface area contributed by atoms with Gasteiger partial charge >= 0.3 is 0 Å². The Balaban J connectivity index is 5.68. The van der Waals surface area contributed by atoms with Crippen LogP contribution in [0.1, 0.15) is 54.4 Å². The monoisotopic (exact) mass is 383 g/mol. The lowest BCUT2D eigenvalue weighted by molar-refractivity contribution is -0.149. The van der Waals surface area contributed by atoms with Crippen LogP contribution in [0.5, 0.6) is 0 Å². The summed E-state index contributed by atoms with van der Waals surface area (Å²) >= 11 is 0. The third kappa shape index (κ3) is 7.60. The van der Waals surface area contributed by atoms with Crippen LogP contribution in [0.3, 0.4) is 0 Å². The van der Waals surface area contributed by atoms with Crippen molar-refractivity contribution in [1.82, 2.24) is 14.7 Å². The van der Waals surface area contributed by atoms with Crippen LogP contribution in [0.2, 0.25) is 0 Å². The van der Waals surface area contributed by atoms with Crippen molar-refractivity contribution in [3.05, 3.63) is 0 Å². The summed E-state index contributed by atoms with van der Waals surface area (Å²) in [4.78, 5) is 42.9. The molecule has 0 aliphatic rings. The zero-order valence-corrected chi connectivity index (χ0v) is 19.0. The summed E-state index contributed by atoms with van der Waals surface area (Å²) in [5.74, 6) is 0.421. The van der Waals surface area contributed by atoms with Crippen LogP contribution in [0.4, 0.5) is 0 Å². The van der Waals surface area contributed by atoms with Gasteiger partial charge in [0, 0.05) is 14.1 Å². The number of amides is 2. The number of hydrogen-bond acceptors (Lipinski definition) is 4. The van der Waals surface area contributed by atoms with Gasteiger partial charge in [-0.25, -0.2) is 0 Å². The molecule has 0 spiro atoms. The Kier molecular flexibility index (Phi) is 10.8. The molecule has 0 aromatic heterocycles. The first-order valence-corrected chi connectivity index (χ1v) is 10.00. The smallest absolute Gasteiger partial charge is 0.245 e. The SMILES string of the molecule is CC(C)CC(C(=O)N(C)[C@@H](CC(C)C)C(=O)N(C)C(C=O)C(C)C)N(C)C. The Morgan fingerprint density at radius 2 is 1.15 bits per heavy atom. The van der Waals surface area contributed by atoms with Gasteiger partial charge < -0.3 is 14.6 Å². The van der Waals surface area contributed by atoms with Gasteiger partial charge in [0.25, 0.3) is 0 Å². The van der Waals surface area contributed by atoms with Crippen molar-refractivity contribution in [2.24, 2.45) is 17.8 Å². The molecular formula is C21H41N3O3. The number of likely N-dealkylation sites (N-methyl/N-ethyl adjacent to an activating group) is 3. The normalized spacial score (nSPS) is 15.2. The van der Waals surface area contributed by atoms with Gasteiger partial charge in [0.05, 0.1) is 12.1 Å². The fourth-order valence-corrected chi connectivity index (χ4v) is 3.32. The topological polar surface area (TPSA) is 60.9 Å². The highest BCUT2D eigenvalue weighted by molar-refractivity contribution is 5.90. The van der Waals surface area contributed by atoms with Crippen molar-refractivity contribution in [3.8, 4) is 0 Å². The quantitative estimate of drug-likeness (QED) is 0.514. The Hall–Kier alpha value is -1.43. The Morgan fingerprint density at radius 1 is 0.741 bits per heavy atom. The number of carbonyl (C=O) groups is 3. The van der Waals surface area contributed by atoms with E-state index >= 15 is 0 Å². The summed E-state index contributed by atoms with van der Waals surface area (Å²) in [6.07, 6.45) is 2.12. The van der Waals surface area contributed by atoms with Crippen molar-refractivity contribution in [1.29, 1.82) is 0 Å². The van der Waals surface area contributed by atoms with Crippen LogP contribution < -0.4 is 0 Å². The van der Waals surface area contributed by atoms with E-state index in [9.17, 15) is 14.4 Å². The molecule has 3 atom stereocenters. The van der Waals surface area contributed by atoms with Crippen molar-refractivity contribution in [2.45, 2.75) is 72.5 Å². The summed E-state index contributed by atoms with van der Waals surface area (Å²) in [6.45, 7) is 12.1. The average Bonchev–Trinajstić information content (AvgIpc) is 2.55. The van der Waals surface area contributed by atoms with E-state index in [2.05, 4.69) is 13.8 Å². The fourth-order valence-electron chi connectivity index (χ4n) is 3.32. The lowest BCUT2D eigenvalue weighted by Gasteiger charge is -2.37. The predicted octanol–water partition coefficient (Wildman–Crippen LogP) is 2.52. The predicted molar refractivity (Wildman–Crippen MR) is 110 cm³/mol. The number of nitrogens with zero attached hydrogens (tertiary/aromatic N) is 3. The van der Waals surface area contributed by atoms with E-state index in [1.165, 1.54) is 4.90 Å². The van der Waals surface area contributed by atoms with Crippen LogP contribution in [0, 0.1) is 17.8 Å². The minimum absolute atomic E-state index is 0.0209. The Labute approximate surface area is 166 Å². The molecule has 6 heteroatoms. The van der Waals surface area contributed by atoms with E-state index in [0.29, 0.717) is 12.3 Å². The summed E-state index contributed by atoms with van der Waals surface area (Å²) in [6, 6.07) is -1.33. The Morgan fingerprint density at radius 3 is 1.48 bits per heavy atom. The molecule has 0 radical (unpaired) electrons. The first-order chi connectivity index (χ1) is 12.3. The third-order valence-electron chi connectivity index (χ3n) is 5.02. The van der Waals surface area contributed by atoms with E-state index in [4.69, 9.17) is 0 Å². The van der Waals surface area contributed by atoms with E-state index < -0.39 is 12.1 Å². The van der Waals surface area contributed by atoms with Crippen molar-refractivity contribution >= 4 is 18.1 Å². The number of aldehydes is 1. The third-order valence-corrected chi connectivity index (χ3v) is 5.02. The maximum Gasteiger partial charge on any atom is 0.245 e. The van der Waals surface area contributed by atoms with Gasteiger partial charge in [-0.1, -0.05) is 41.5 Å². The lowest BCUT2D eigenvalue weighted by Crippen LogP contribution is -2.56. The molecule has 0 saturated carbocycles. The zero-order chi connectivity index (χ0) is 21.5. The van der Waals surface area contributed by atoms with Gasteiger partial charge in [-0.15, -0.1) is 0 Å². The van der Waals surface area contributed by atoms with Gasteiger partial charge in [-0.2, -0.15) is 0 Å². The standard InChI is InChI=1S/C21H41N3O3/c1-14(2)11-17(22(7)8)20(26)23(9)18(12-15(3)4)21(27)24(10)19(13-25)16(5)6/h13-19H,11-12H2,1-10H3/t17?,18-,19?/m0/s1. The van der Waals surface area contributed by atoms with Crippen LogP contribution in [0.25, 0.3) is 0 Å². The minimum atomic E-state index is -0.571. The van der Waals surface area contributed by atoms with Crippen molar-refractivity contribution in [3.63, 3.8) is 0 Å². The molecular weight excluding hydrogens is 342 g/mol. The highest BCUT2D eigenvalue weighted by atomic mass is 16.2. The second-order valence-corrected chi connectivity index (χ2v) is 9.02. The maximum atomic E-state index is 13.2. The summed E-state index contributed by atoms with van der Waals surface area (Å²) < 4.78 is 0. The molecule has 0 fully saturated rings. The van der Waals surface area contributed by atoms with Crippen molar-refractivity contribution in [2.75, 3.05) is 28.2 Å². The first kappa shape index (κ1) is 25.6. The van der Waals surface area contributed by atoms with Gasteiger partial charge in [-0.3, -0.25) is 14.5 Å².